The maximum absolute atomic E-state index is 13.2. The van der Waals surface area contributed by atoms with Crippen LogP contribution >= 0.6 is 0 Å². The molecule has 1 aromatic heterocycles. The monoisotopic (exact) mass is 405 g/mol. The molecule has 150 valence electrons. The van der Waals surface area contributed by atoms with Crippen molar-refractivity contribution < 1.29 is 22.4 Å². The fraction of sp³-hybridized carbons (Fsp3) is 0.579. The second kappa shape index (κ2) is 7.04. The summed E-state index contributed by atoms with van der Waals surface area (Å²) in [6, 6.07) is 4.82. The van der Waals surface area contributed by atoms with Crippen molar-refractivity contribution in [3.8, 4) is 11.5 Å². The van der Waals surface area contributed by atoms with Gasteiger partial charge in [0.2, 0.25) is 15.9 Å². The fourth-order valence-electron chi connectivity index (χ4n) is 3.85. The van der Waals surface area contributed by atoms with Gasteiger partial charge in [0, 0.05) is 31.5 Å². The van der Waals surface area contributed by atoms with Crippen LogP contribution in [0.2, 0.25) is 0 Å². The van der Waals surface area contributed by atoms with Crippen molar-refractivity contribution in [2.45, 2.75) is 42.9 Å². The molecule has 1 aliphatic carbocycles. The molecule has 2 fully saturated rings. The maximum Gasteiger partial charge on any atom is 0.243 e. The minimum absolute atomic E-state index is 0.174. The second-order valence-corrected chi connectivity index (χ2v) is 9.64. The zero-order chi connectivity index (χ0) is 19.1. The average Bonchev–Trinajstić information content (AvgIpc) is 3.47. The highest BCUT2D eigenvalue weighted by Gasteiger charge is 2.33. The number of fused-ring (bicyclic) bond motifs is 1. The van der Waals surface area contributed by atoms with Gasteiger partial charge in [-0.3, -0.25) is 0 Å². The Hall–Kier alpha value is -2.13. The highest BCUT2D eigenvalue weighted by Crippen LogP contribution is 2.38. The van der Waals surface area contributed by atoms with Crippen LogP contribution < -0.4 is 9.47 Å². The molecule has 2 aliphatic heterocycles. The number of nitrogens with zero attached hydrogens (tertiary/aromatic N) is 3. The van der Waals surface area contributed by atoms with Gasteiger partial charge in [-0.15, -0.1) is 0 Å². The smallest absolute Gasteiger partial charge is 0.243 e. The Bertz CT molecular complexity index is 970. The summed E-state index contributed by atoms with van der Waals surface area (Å²) < 4.78 is 44.3. The third-order valence-corrected chi connectivity index (χ3v) is 7.38. The van der Waals surface area contributed by atoms with E-state index in [0.29, 0.717) is 56.0 Å². The lowest BCUT2D eigenvalue weighted by molar-refractivity contribution is 0.171. The first-order chi connectivity index (χ1) is 13.6. The standard InChI is InChI=1S/C19H23N3O5S/c23-28(24,15-5-6-16-17(11-15)26-9-8-25-16)22-7-1-2-13(12-22)10-18-20-19(21-27-18)14-3-4-14/h5-6,11,13-14H,1-4,7-10,12H2. The molecule has 5 rings (SSSR count). The van der Waals surface area contributed by atoms with Gasteiger partial charge in [0.1, 0.15) is 13.2 Å². The number of ether oxygens (including phenoxy) is 2. The molecular weight excluding hydrogens is 382 g/mol. The lowest BCUT2D eigenvalue weighted by Gasteiger charge is -2.31. The molecule has 8 nitrogen and oxygen atoms in total. The van der Waals surface area contributed by atoms with E-state index in [1.165, 1.54) is 0 Å². The minimum Gasteiger partial charge on any atom is -0.486 e. The van der Waals surface area contributed by atoms with Crippen molar-refractivity contribution in [1.82, 2.24) is 14.4 Å². The van der Waals surface area contributed by atoms with Gasteiger partial charge in [-0.1, -0.05) is 5.16 Å². The summed E-state index contributed by atoms with van der Waals surface area (Å²) in [5.74, 6) is 3.12. The van der Waals surface area contributed by atoms with Crippen LogP contribution in [0.3, 0.4) is 0 Å². The molecule has 1 aromatic carbocycles. The molecule has 3 heterocycles. The number of sulfonamides is 1. The van der Waals surface area contributed by atoms with Crippen molar-refractivity contribution in [3.63, 3.8) is 0 Å². The molecule has 0 radical (unpaired) electrons. The average molecular weight is 405 g/mol. The van der Waals surface area contributed by atoms with Gasteiger partial charge < -0.3 is 14.0 Å². The Morgan fingerprint density at radius 3 is 2.75 bits per heavy atom. The first-order valence-electron chi connectivity index (χ1n) is 9.82. The molecule has 3 aliphatic rings. The number of piperidine rings is 1. The molecule has 0 bridgehead atoms. The summed E-state index contributed by atoms with van der Waals surface area (Å²) in [7, 11) is -3.59. The summed E-state index contributed by atoms with van der Waals surface area (Å²) in [5.41, 5.74) is 0. The van der Waals surface area contributed by atoms with Gasteiger partial charge in [-0.05, 0) is 43.7 Å². The number of rotatable bonds is 5. The van der Waals surface area contributed by atoms with Crippen LogP contribution in [-0.4, -0.2) is 49.2 Å². The quantitative estimate of drug-likeness (QED) is 0.753. The van der Waals surface area contributed by atoms with Crippen molar-refractivity contribution in [1.29, 1.82) is 0 Å². The van der Waals surface area contributed by atoms with Crippen molar-refractivity contribution in [3.05, 3.63) is 29.9 Å². The zero-order valence-electron chi connectivity index (χ0n) is 15.5. The Labute approximate surface area is 163 Å². The van der Waals surface area contributed by atoms with Gasteiger partial charge in [-0.2, -0.15) is 9.29 Å². The summed E-state index contributed by atoms with van der Waals surface area (Å²) in [6.45, 7) is 1.88. The van der Waals surface area contributed by atoms with Crippen LogP contribution in [0.1, 0.15) is 43.3 Å². The molecule has 1 saturated heterocycles. The third-order valence-electron chi connectivity index (χ3n) is 5.52. The van der Waals surface area contributed by atoms with E-state index in [-0.39, 0.29) is 10.8 Å². The third kappa shape index (κ3) is 3.48. The SMILES string of the molecule is O=S(=O)(c1ccc2c(c1)OCCO2)N1CCCC(Cc2nc(C3CC3)no2)C1. The summed E-state index contributed by atoms with van der Waals surface area (Å²) in [4.78, 5) is 4.73. The highest BCUT2D eigenvalue weighted by atomic mass is 32.2. The Morgan fingerprint density at radius 2 is 1.93 bits per heavy atom. The first-order valence-corrected chi connectivity index (χ1v) is 11.3. The van der Waals surface area contributed by atoms with E-state index in [1.807, 2.05) is 0 Å². The van der Waals surface area contributed by atoms with Crippen molar-refractivity contribution >= 4 is 10.0 Å². The topological polar surface area (TPSA) is 94.8 Å². The predicted molar refractivity (Wildman–Crippen MR) is 98.9 cm³/mol. The number of benzene rings is 1. The Morgan fingerprint density at radius 1 is 1.11 bits per heavy atom. The second-order valence-electron chi connectivity index (χ2n) is 7.70. The van der Waals surface area contributed by atoms with E-state index < -0.39 is 10.0 Å². The summed E-state index contributed by atoms with van der Waals surface area (Å²) in [6.07, 6.45) is 4.65. The van der Waals surface area contributed by atoms with Crippen LogP contribution in [0.25, 0.3) is 0 Å². The van der Waals surface area contributed by atoms with Gasteiger partial charge in [0.05, 0.1) is 4.90 Å². The molecule has 28 heavy (non-hydrogen) atoms. The van der Waals surface area contributed by atoms with Crippen molar-refractivity contribution in [2.75, 3.05) is 26.3 Å². The number of hydrogen-bond acceptors (Lipinski definition) is 7. The van der Waals surface area contributed by atoms with Crippen LogP contribution in [0.4, 0.5) is 0 Å². The Kier molecular flexibility index (Phi) is 4.51. The van der Waals surface area contributed by atoms with E-state index >= 15 is 0 Å². The molecule has 0 amide bonds. The van der Waals surface area contributed by atoms with Crippen LogP contribution in [0, 0.1) is 5.92 Å². The van der Waals surface area contributed by atoms with Crippen LogP contribution in [-0.2, 0) is 16.4 Å². The van der Waals surface area contributed by atoms with E-state index in [9.17, 15) is 8.42 Å². The minimum atomic E-state index is -3.59. The maximum atomic E-state index is 13.2. The zero-order valence-corrected chi connectivity index (χ0v) is 16.4. The summed E-state index contributed by atoms with van der Waals surface area (Å²) >= 11 is 0. The van der Waals surface area contributed by atoms with E-state index in [0.717, 1.165) is 31.5 Å². The predicted octanol–water partition coefficient (Wildman–Crippen LogP) is 2.36. The Balaban J connectivity index is 1.30. The molecule has 9 heteroatoms. The van der Waals surface area contributed by atoms with Crippen LogP contribution in [0.5, 0.6) is 11.5 Å². The van der Waals surface area contributed by atoms with Gasteiger partial charge in [0.25, 0.3) is 0 Å². The molecule has 1 saturated carbocycles. The molecule has 2 aromatic rings. The van der Waals surface area contributed by atoms with E-state index in [2.05, 4.69) is 10.1 Å². The van der Waals surface area contributed by atoms with E-state index in [1.54, 1.807) is 22.5 Å². The summed E-state index contributed by atoms with van der Waals surface area (Å²) in [5, 5.41) is 4.06. The highest BCUT2D eigenvalue weighted by molar-refractivity contribution is 7.89. The molecule has 0 spiro atoms. The molecular formula is C19H23N3O5S. The number of hydrogen-bond donors (Lipinski definition) is 0. The fourth-order valence-corrected chi connectivity index (χ4v) is 5.42. The molecule has 1 unspecified atom stereocenters. The largest absolute Gasteiger partial charge is 0.486 e. The number of aromatic nitrogens is 2. The van der Waals surface area contributed by atoms with Crippen LogP contribution in [0.15, 0.2) is 27.6 Å². The van der Waals surface area contributed by atoms with Gasteiger partial charge >= 0.3 is 0 Å². The van der Waals surface area contributed by atoms with E-state index in [4.69, 9.17) is 14.0 Å². The normalized spacial score (nSPS) is 22.9. The lowest BCUT2D eigenvalue weighted by atomic mass is 9.96. The van der Waals surface area contributed by atoms with Gasteiger partial charge in [-0.25, -0.2) is 8.42 Å². The van der Waals surface area contributed by atoms with Gasteiger partial charge in [0.15, 0.2) is 17.3 Å². The van der Waals surface area contributed by atoms with Crippen molar-refractivity contribution in [2.24, 2.45) is 5.92 Å². The first kappa shape index (κ1) is 17.9. The molecule has 1 atom stereocenters. The lowest BCUT2D eigenvalue weighted by Crippen LogP contribution is -2.40. The molecule has 0 N–H and O–H groups in total.